The molecule has 0 saturated carbocycles. The van der Waals surface area contributed by atoms with Crippen molar-refractivity contribution in [2.75, 3.05) is 6.61 Å². The first-order chi connectivity index (χ1) is 5.85. The molecule has 0 aromatic heterocycles. The zero-order valence-electron chi connectivity index (χ0n) is 8.64. The summed E-state index contributed by atoms with van der Waals surface area (Å²) in [5.41, 5.74) is 0. The van der Waals surface area contributed by atoms with Crippen LogP contribution in [0.15, 0.2) is 0 Å². The van der Waals surface area contributed by atoms with Crippen LogP contribution in [-0.2, 0) is 5.11 Å². The molecular formula is C11H23O. The van der Waals surface area contributed by atoms with Crippen LogP contribution in [0.2, 0.25) is 0 Å². The zero-order valence-corrected chi connectivity index (χ0v) is 8.64. The van der Waals surface area contributed by atoms with Gasteiger partial charge in [-0.15, -0.1) is 0 Å². The quantitative estimate of drug-likeness (QED) is 0.495. The molecule has 0 aliphatic rings. The summed E-state index contributed by atoms with van der Waals surface area (Å²) in [6.45, 7) is 4.54. The van der Waals surface area contributed by atoms with Crippen molar-refractivity contribution >= 4 is 0 Å². The van der Waals surface area contributed by atoms with Gasteiger partial charge in [-0.2, -0.15) is 0 Å². The largest absolute Gasteiger partial charge is 0.236 e. The van der Waals surface area contributed by atoms with Gasteiger partial charge in [-0.1, -0.05) is 46.0 Å². The maximum atomic E-state index is 10.7. The van der Waals surface area contributed by atoms with E-state index < -0.39 is 0 Å². The van der Waals surface area contributed by atoms with E-state index >= 15 is 0 Å². The lowest BCUT2D eigenvalue weighted by molar-refractivity contribution is 0.131. The molecule has 0 aromatic carbocycles. The van der Waals surface area contributed by atoms with E-state index in [1.165, 1.54) is 32.1 Å². The van der Waals surface area contributed by atoms with Gasteiger partial charge in [0, 0.05) is 0 Å². The van der Waals surface area contributed by atoms with Crippen LogP contribution in [0.3, 0.4) is 0 Å². The summed E-state index contributed by atoms with van der Waals surface area (Å²) in [5.74, 6) is 0.469. The third-order valence-corrected chi connectivity index (χ3v) is 2.42. The first-order valence-corrected chi connectivity index (χ1v) is 5.43. The Balaban J connectivity index is 3.26. The van der Waals surface area contributed by atoms with E-state index in [1.807, 2.05) is 0 Å². The van der Waals surface area contributed by atoms with Crippen LogP contribution in [0, 0.1) is 5.92 Å². The summed E-state index contributed by atoms with van der Waals surface area (Å²) in [7, 11) is 0. The van der Waals surface area contributed by atoms with Crippen LogP contribution >= 0.6 is 0 Å². The van der Waals surface area contributed by atoms with E-state index in [0.29, 0.717) is 5.92 Å². The molecule has 0 fully saturated rings. The molecule has 1 nitrogen and oxygen atoms in total. The molecule has 1 heteroatoms. The fraction of sp³-hybridized carbons (Fsp3) is 1.00. The van der Waals surface area contributed by atoms with Crippen LogP contribution in [-0.4, -0.2) is 6.61 Å². The average molecular weight is 171 g/mol. The molecule has 0 heterocycles. The van der Waals surface area contributed by atoms with Gasteiger partial charge in [0.2, 0.25) is 0 Å². The molecule has 0 aromatic rings. The van der Waals surface area contributed by atoms with E-state index in [2.05, 4.69) is 13.8 Å². The van der Waals surface area contributed by atoms with Crippen molar-refractivity contribution in [1.82, 2.24) is 0 Å². The van der Waals surface area contributed by atoms with Gasteiger partial charge in [-0.3, -0.25) is 0 Å². The van der Waals surface area contributed by atoms with Gasteiger partial charge in [0.05, 0.1) is 6.61 Å². The van der Waals surface area contributed by atoms with E-state index in [0.717, 1.165) is 12.8 Å². The number of rotatable bonds is 8. The van der Waals surface area contributed by atoms with Crippen molar-refractivity contribution in [3.05, 3.63) is 0 Å². The Bertz CT molecular complexity index is 81.1. The molecule has 0 aliphatic heterocycles. The Morgan fingerprint density at radius 2 is 1.50 bits per heavy atom. The Morgan fingerprint density at radius 3 is 2.00 bits per heavy atom. The molecule has 12 heavy (non-hydrogen) atoms. The summed E-state index contributed by atoms with van der Waals surface area (Å²) >= 11 is 0. The Hall–Kier alpha value is -0.0400. The molecule has 1 radical (unpaired) electrons. The first kappa shape index (κ1) is 12.0. The Morgan fingerprint density at radius 1 is 0.917 bits per heavy atom. The van der Waals surface area contributed by atoms with Crippen LogP contribution in [0.25, 0.3) is 0 Å². The van der Waals surface area contributed by atoms with E-state index in [9.17, 15) is 5.11 Å². The highest BCUT2D eigenvalue weighted by atomic mass is 16.3. The molecule has 0 saturated heterocycles. The standard InChI is InChI=1S/C11H23O/c1-3-5-7-9-11(10-12)8-6-4-2/h11H,3-10H2,1-2H3. The normalized spacial score (nSPS) is 13.2. The molecule has 0 bridgehead atoms. The highest BCUT2D eigenvalue weighted by Crippen LogP contribution is 2.15. The van der Waals surface area contributed by atoms with Crippen molar-refractivity contribution in [3.63, 3.8) is 0 Å². The highest BCUT2D eigenvalue weighted by molar-refractivity contribution is 4.57. The lowest BCUT2D eigenvalue weighted by Crippen LogP contribution is -2.04. The molecule has 1 unspecified atom stereocenters. The molecule has 73 valence electrons. The summed E-state index contributed by atoms with van der Waals surface area (Å²) in [4.78, 5) is 0. The minimum Gasteiger partial charge on any atom is -0.236 e. The van der Waals surface area contributed by atoms with Gasteiger partial charge in [0.15, 0.2) is 0 Å². The summed E-state index contributed by atoms with van der Waals surface area (Å²) in [6, 6.07) is 0. The SMILES string of the molecule is CCCCCC(C[O])CCCC. The molecule has 0 N–H and O–H groups in total. The zero-order chi connectivity index (χ0) is 9.23. The predicted octanol–water partition coefficient (Wildman–Crippen LogP) is 3.80. The van der Waals surface area contributed by atoms with Gasteiger partial charge in [0.1, 0.15) is 0 Å². The second-order valence-corrected chi connectivity index (χ2v) is 3.67. The van der Waals surface area contributed by atoms with Crippen molar-refractivity contribution in [2.24, 2.45) is 5.92 Å². The minimum absolute atomic E-state index is 0.143. The fourth-order valence-corrected chi connectivity index (χ4v) is 1.49. The predicted molar refractivity (Wildman–Crippen MR) is 52.7 cm³/mol. The number of hydrogen-bond donors (Lipinski definition) is 0. The monoisotopic (exact) mass is 171 g/mol. The Labute approximate surface area is 77.2 Å². The molecule has 0 aliphatic carbocycles. The summed E-state index contributed by atoms with van der Waals surface area (Å²) < 4.78 is 0. The molecule has 0 rings (SSSR count). The first-order valence-electron chi connectivity index (χ1n) is 5.43. The molecular weight excluding hydrogens is 148 g/mol. The second-order valence-electron chi connectivity index (χ2n) is 3.67. The van der Waals surface area contributed by atoms with E-state index in [-0.39, 0.29) is 6.61 Å². The minimum atomic E-state index is 0.143. The fourth-order valence-electron chi connectivity index (χ4n) is 1.49. The Kier molecular flexibility index (Phi) is 9.02. The van der Waals surface area contributed by atoms with Crippen molar-refractivity contribution < 1.29 is 5.11 Å². The van der Waals surface area contributed by atoms with Crippen LogP contribution in [0.1, 0.15) is 58.8 Å². The summed E-state index contributed by atoms with van der Waals surface area (Å²) in [5, 5.41) is 10.7. The van der Waals surface area contributed by atoms with Crippen molar-refractivity contribution in [1.29, 1.82) is 0 Å². The lowest BCUT2D eigenvalue weighted by atomic mass is 9.96. The van der Waals surface area contributed by atoms with Crippen molar-refractivity contribution in [3.8, 4) is 0 Å². The third-order valence-electron chi connectivity index (χ3n) is 2.42. The summed E-state index contributed by atoms with van der Waals surface area (Å²) in [6.07, 6.45) is 8.60. The van der Waals surface area contributed by atoms with Gasteiger partial charge < -0.3 is 0 Å². The van der Waals surface area contributed by atoms with Gasteiger partial charge in [-0.25, -0.2) is 5.11 Å². The van der Waals surface area contributed by atoms with Gasteiger partial charge in [-0.05, 0) is 18.8 Å². The molecule has 1 atom stereocenters. The smallest absolute Gasteiger partial charge is 0.0850 e. The lowest BCUT2D eigenvalue weighted by Gasteiger charge is -2.11. The van der Waals surface area contributed by atoms with Crippen molar-refractivity contribution in [2.45, 2.75) is 58.8 Å². The molecule has 0 spiro atoms. The van der Waals surface area contributed by atoms with Gasteiger partial charge >= 0.3 is 0 Å². The third kappa shape index (κ3) is 6.66. The number of hydrogen-bond acceptors (Lipinski definition) is 0. The number of unbranched alkanes of at least 4 members (excludes halogenated alkanes) is 3. The topological polar surface area (TPSA) is 19.9 Å². The average Bonchev–Trinajstić information content (AvgIpc) is 2.11. The maximum absolute atomic E-state index is 10.7. The van der Waals surface area contributed by atoms with Crippen LogP contribution in [0.5, 0.6) is 0 Å². The van der Waals surface area contributed by atoms with Gasteiger partial charge in [0.25, 0.3) is 0 Å². The molecule has 0 amide bonds. The second kappa shape index (κ2) is 9.05. The highest BCUT2D eigenvalue weighted by Gasteiger charge is 2.06. The van der Waals surface area contributed by atoms with E-state index in [4.69, 9.17) is 0 Å². The van der Waals surface area contributed by atoms with Crippen LogP contribution in [0.4, 0.5) is 0 Å². The van der Waals surface area contributed by atoms with Crippen LogP contribution < -0.4 is 0 Å². The maximum Gasteiger partial charge on any atom is 0.0850 e. The van der Waals surface area contributed by atoms with E-state index in [1.54, 1.807) is 0 Å².